The van der Waals surface area contributed by atoms with E-state index in [-0.39, 0.29) is 5.56 Å². The third-order valence-corrected chi connectivity index (χ3v) is 6.79. The lowest BCUT2D eigenvalue weighted by atomic mass is 10.1. The molecule has 9 heteroatoms. The number of rotatable bonds is 6. The number of aromatic carboxylic acids is 1. The largest absolute Gasteiger partial charge is 0.477 e. The molecule has 1 aliphatic heterocycles. The summed E-state index contributed by atoms with van der Waals surface area (Å²) < 4.78 is 9.40. The molecule has 1 aromatic carbocycles. The van der Waals surface area contributed by atoms with Gasteiger partial charge in [0.2, 0.25) is 0 Å². The Morgan fingerprint density at radius 2 is 1.94 bits per heavy atom. The molecule has 0 radical (unpaired) electrons. The molecule has 0 aliphatic carbocycles. The third-order valence-electron chi connectivity index (χ3n) is 6.79. The smallest absolute Gasteiger partial charge is 0.341 e. The maximum absolute atomic E-state index is 12.0. The Bertz CT molecular complexity index is 1550. The van der Waals surface area contributed by atoms with Crippen LogP contribution in [0.4, 0.5) is 5.82 Å². The van der Waals surface area contributed by atoms with Gasteiger partial charge in [-0.05, 0) is 30.5 Å². The molecule has 0 unspecified atom stereocenters. The van der Waals surface area contributed by atoms with Crippen LogP contribution in [0.2, 0.25) is 0 Å². The van der Waals surface area contributed by atoms with Crippen LogP contribution < -0.4 is 4.90 Å². The molecule has 1 saturated heterocycles. The van der Waals surface area contributed by atoms with Crippen molar-refractivity contribution in [1.82, 2.24) is 24.1 Å². The summed E-state index contributed by atoms with van der Waals surface area (Å²) in [4.78, 5) is 23.5. The summed E-state index contributed by atoms with van der Waals surface area (Å²) in [6, 6.07) is 16.4. The molecular weight excluding hydrogens is 456 g/mol. The summed E-state index contributed by atoms with van der Waals surface area (Å²) in [6.45, 7) is 2.08. The first kappa shape index (κ1) is 22.2. The molecule has 0 atom stereocenters. The molecule has 0 saturated carbocycles. The molecule has 1 fully saturated rings. The number of hydrogen-bond donors (Lipinski definition) is 1. The molecule has 1 aliphatic rings. The van der Waals surface area contributed by atoms with Crippen molar-refractivity contribution < 1.29 is 14.6 Å². The Balaban J connectivity index is 1.53. The molecule has 36 heavy (non-hydrogen) atoms. The van der Waals surface area contributed by atoms with Crippen molar-refractivity contribution in [2.45, 2.75) is 25.4 Å². The highest BCUT2D eigenvalue weighted by Gasteiger charge is 2.24. The average molecular weight is 483 g/mol. The quantitative estimate of drug-likeness (QED) is 0.382. The van der Waals surface area contributed by atoms with Gasteiger partial charge in [0.1, 0.15) is 17.0 Å². The minimum atomic E-state index is -1.06. The number of carboxylic acid groups (broad SMARTS) is 1. The third kappa shape index (κ3) is 3.87. The molecule has 4 aromatic heterocycles. The van der Waals surface area contributed by atoms with Gasteiger partial charge in [-0.3, -0.25) is 0 Å². The molecule has 0 amide bonds. The van der Waals surface area contributed by atoms with Crippen LogP contribution in [0.5, 0.6) is 0 Å². The Labute approximate surface area is 207 Å². The molecule has 9 nitrogen and oxygen atoms in total. The van der Waals surface area contributed by atoms with Crippen molar-refractivity contribution in [1.29, 1.82) is 0 Å². The van der Waals surface area contributed by atoms with Crippen LogP contribution in [0, 0.1) is 0 Å². The van der Waals surface area contributed by atoms with Crippen LogP contribution in [0.3, 0.4) is 0 Å². The standard InChI is InChI=1S/C27H26N6O3/c1-31(16-18-6-3-2-4-7-18)24-14-23(30-26-21(27(34)35)15-29-33(24)26)22-17-32(19-9-12-36-13-10-19)25-20(22)8-5-11-28-25/h2-8,11,14-15,17,19H,9-10,12-13,16H2,1H3,(H,34,35). The molecule has 5 aromatic rings. The Hall–Kier alpha value is -4.24. The van der Waals surface area contributed by atoms with E-state index in [4.69, 9.17) is 9.72 Å². The van der Waals surface area contributed by atoms with Crippen LogP contribution in [-0.2, 0) is 11.3 Å². The predicted molar refractivity (Wildman–Crippen MR) is 136 cm³/mol. The van der Waals surface area contributed by atoms with Gasteiger partial charge in [-0.25, -0.2) is 14.8 Å². The van der Waals surface area contributed by atoms with Crippen LogP contribution >= 0.6 is 0 Å². The average Bonchev–Trinajstić information content (AvgIpc) is 3.51. The number of fused-ring (bicyclic) bond motifs is 2. The zero-order valence-corrected chi connectivity index (χ0v) is 19.9. The van der Waals surface area contributed by atoms with Crippen LogP contribution in [0.15, 0.2) is 67.1 Å². The van der Waals surface area contributed by atoms with Gasteiger partial charge in [-0.2, -0.15) is 9.61 Å². The molecule has 0 spiro atoms. The molecule has 6 rings (SSSR count). The van der Waals surface area contributed by atoms with Gasteiger partial charge < -0.3 is 19.3 Å². The van der Waals surface area contributed by atoms with Crippen molar-refractivity contribution in [2.24, 2.45) is 0 Å². The van der Waals surface area contributed by atoms with E-state index < -0.39 is 5.97 Å². The first-order valence-electron chi connectivity index (χ1n) is 12.0. The number of benzene rings is 1. The number of carbonyl (C=O) groups is 1. The summed E-state index contributed by atoms with van der Waals surface area (Å²) in [7, 11) is 1.97. The number of nitrogens with zero attached hydrogens (tertiary/aromatic N) is 6. The number of ether oxygens (including phenoxy) is 1. The van der Waals surface area contributed by atoms with Gasteiger partial charge in [0.25, 0.3) is 0 Å². The zero-order valence-electron chi connectivity index (χ0n) is 19.9. The van der Waals surface area contributed by atoms with E-state index in [1.807, 2.05) is 43.4 Å². The van der Waals surface area contributed by atoms with E-state index in [1.165, 1.54) is 6.20 Å². The summed E-state index contributed by atoms with van der Waals surface area (Å²) in [6.07, 6.45) is 7.11. The van der Waals surface area contributed by atoms with Gasteiger partial charge in [0.05, 0.1) is 11.9 Å². The van der Waals surface area contributed by atoms with Gasteiger partial charge in [0.15, 0.2) is 5.65 Å². The van der Waals surface area contributed by atoms with Gasteiger partial charge in [0, 0.05) is 62.3 Å². The predicted octanol–water partition coefficient (Wildman–Crippen LogP) is 4.43. The monoisotopic (exact) mass is 482 g/mol. The van der Waals surface area contributed by atoms with Gasteiger partial charge in [-0.15, -0.1) is 0 Å². The maximum Gasteiger partial charge on any atom is 0.341 e. The van der Waals surface area contributed by atoms with E-state index in [0.29, 0.717) is 23.9 Å². The summed E-state index contributed by atoms with van der Waals surface area (Å²) >= 11 is 0. The molecule has 5 heterocycles. The van der Waals surface area contributed by atoms with E-state index in [9.17, 15) is 9.90 Å². The lowest BCUT2D eigenvalue weighted by molar-refractivity contribution is 0.0697. The normalized spacial score (nSPS) is 14.5. The summed E-state index contributed by atoms with van der Waals surface area (Å²) in [5.41, 5.74) is 4.01. The van der Waals surface area contributed by atoms with Crippen molar-refractivity contribution in [3.63, 3.8) is 0 Å². The van der Waals surface area contributed by atoms with Crippen molar-refractivity contribution in [3.8, 4) is 11.3 Å². The van der Waals surface area contributed by atoms with Crippen LogP contribution in [0.25, 0.3) is 27.9 Å². The van der Waals surface area contributed by atoms with Crippen LogP contribution in [0.1, 0.15) is 34.8 Å². The van der Waals surface area contributed by atoms with E-state index >= 15 is 0 Å². The number of aromatic nitrogens is 5. The molecule has 1 N–H and O–H groups in total. The fraction of sp³-hybridized carbons (Fsp3) is 0.259. The van der Waals surface area contributed by atoms with Crippen LogP contribution in [-0.4, -0.2) is 55.5 Å². The van der Waals surface area contributed by atoms with E-state index in [0.717, 1.165) is 54.0 Å². The number of pyridine rings is 1. The second-order valence-corrected chi connectivity index (χ2v) is 9.11. The van der Waals surface area contributed by atoms with Gasteiger partial charge >= 0.3 is 5.97 Å². The van der Waals surface area contributed by atoms with Gasteiger partial charge in [-0.1, -0.05) is 30.3 Å². The highest BCUT2D eigenvalue weighted by atomic mass is 16.5. The topological polar surface area (TPSA) is 97.8 Å². The Kier molecular flexibility index (Phi) is 5.61. The lowest BCUT2D eigenvalue weighted by Crippen LogP contribution is -2.20. The fourth-order valence-electron chi connectivity index (χ4n) is 4.97. The molecule has 0 bridgehead atoms. The number of carboxylic acids is 1. The number of anilines is 1. The first-order chi connectivity index (χ1) is 17.6. The highest BCUT2D eigenvalue weighted by molar-refractivity contribution is 5.97. The minimum Gasteiger partial charge on any atom is -0.477 e. The highest BCUT2D eigenvalue weighted by Crippen LogP contribution is 2.35. The second kappa shape index (κ2) is 9.09. The lowest BCUT2D eigenvalue weighted by Gasteiger charge is -2.24. The van der Waals surface area contributed by atoms with Crippen molar-refractivity contribution in [2.75, 3.05) is 25.2 Å². The minimum absolute atomic E-state index is 0.0671. The fourth-order valence-corrected chi connectivity index (χ4v) is 4.97. The second-order valence-electron chi connectivity index (χ2n) is 9.11. The first-order valence-corrected chi connectivity index (χ1v) is 12.0. The zero-order chi connectivity index (χ0) is 24.6. The van der Waals surface area contributed by atoms with Crippen molar-refractivity contribution >= 4 is 28.5 Å². The number of hydrogen-bond acceptors (Lipinski definition) is 6. The SMILES string of the molecule is CN(Cc1ccccc1)c1cc(-c2cn(C3CCOCC3)c3ncccc23)nc2c(C(=O)O)cnn12. The Morgan fingerprint density at radius 3 is 2.72 bits per heavy atom. The molecular formula is C27H26N6O3. The molecule has 182 valence electrons. The Morgan fingerprint density at radius 1 is 1.14 bits per heavy atom. The van der Waals surface area contributed by atoms with E-state index in [1.54, 1.807) is 10.7 Å². The summed E-state index contributed by atoms with van der Waals surface area (Å²) in [5.74, 6) is -0.306. The van der Waals surface area contributed by atoms with E-state index in [2.05, 4.69) is 37.9 Å². The van der Waals surface area contributed by atoms with Crippen molar-refractivity contribution in [3.05, 3.63) is 78.2 Å². The maximum atomic E-state index is 12.0. The summed E-state index contributed by atoms with van der Waals surface area (Å²) in [5, 5.41) is 15.2.